The Kier molecular flexibility index (Phi) is 5.39. The van der Waals surface area contributed by atoms with Crippen molar-refractivity contribution in [3.63, 3.8) is 0 Å². The third-order valence-corrected chi connectivity index (χ3v) is 4.15. The highest BCUT2D eigenvalue weighted by Gasteiger charge is 2.15. The van der Waals surface area contributed by atoms with Gasteiger partial charge in [-0.15, -0.1) is 0 Å². The molecule has 5 heteroatoms. The van der Waals surface area contributed by atoms with Crippen LogP contribution in [0.2, 0.25) is 0 Å². The Balaban J connectivity index is 2.45. The number of anilines is 1. The van der Waals surface area contributed by atoms with E-state index in [1.54, 1.807) is 0 Å². The summed E-state index contributed by atoms with van der Waals surface area (Å²) in [6.45, 7) is 6.93. The summed E-state index contributed by atoms with van der Waals surface area (Å²) in [6, 6.07) is 7.90. The summed E-state index contributed by atoms with van der Waals surface area (Å²) in [6.07, 6.45) is 0. The van der Waals surface area contributed by atoms with Crippen molar-refractivity contribution < 1.29 is 4.74 Å². The van der Waals surface area contributed by atoms with Crippen molar-refractivity contribution in [3.05, 3.63) is 33.5 Å². The van der Waals surface area contributed by atoms with Crippen LogP contribution in [0.4, 0.5) is 5.82 Å². The maximum Gasteiger partial charge on any atom is 0.161 e. The van der Waals surface area contributed by atoms with E-state index < -0.39 is 0 Å². The van der Waals surface area contributed by atoms with Gasteiger partial charge in [-0.05, 0) is 59.7 Å². The Morgan fingerprint density at radius 2 is 1.86 bits per heavy atom. The van der Waals surface area contributed by atoms with Gasteiger partial charge in [-0.3, -0.25) is 0 Å². The lowest BCUT2D eigenvalue weighted by Gasteiger charge is -2.13. The zero-order chi connectivity index (χ0) is 15.4. The summed E-state index contributed by atoms with van der Waals surface area (Å²) in [5, 5.41) is 3.15. The Hall–Kier alpha value is -1.37. The number of rotatable bonds is 5. The Labute approximate surface area is 139 Å². The number of hydrogen-bond acceptors (Lipinski definition) is 4. The van der Waals surface area contributed by atoms with E-state index in [-0.39, 0.29) is 0 Å². The van der Waals surface area contributed by atoms with E-state index in [4.69, 9.17) is 9.72 Å². The number of nitrogens with one attached hydrogen (secondary N) is 1. The second-order valence-corrected chi connectivity index (χ2v) is 6.04. The van der Waals surface area contributed by atoms with E-state index in [0.717, 1.165) is 32.2 Å². The molecule has 1 aromatic heterocycles. The van der Waals surface area contributed by atoms with E-state index in [2.05, 4.69) is 46.7 Å². The monoisotopic (exact) mass is 397 g/mol. The quantitative estimate of drug-likeness (QED) is 0.764. The Morgan fingerprint density at radius 3 is 2.38 bits per heavy atom. The van der Waals surface area contributed by atoms with Crippen LogP contribution in [0.5, 0.6) is 5.75 Å². The molecule has 0 aliphatic heterocycles. The largest absolute Gasteiger partial charge is 0.494 e. The molecule has 4 nitrogen and oxygen atoms in total. The second-order valence-electron chi connectivity index (χ2n) is 4.96. The van der Waals surface area contributed by atoms with Gasteiger partial charge in [-0.2, -0.15) is 0 Å². The minimum atomic E-state index is 0.355. The molecule has 112 valence electrons. The van der Waals surface area contributed by atoms with Crippen molar-refractivity contribution in [1.82, 2.24) is 9.97 Å². The fourth-order valence-electron chi connectivity index (χ4n) is 2.01. The van der Waals surface area contributed by atoms with Gasteiger partial charge < -0.3 is 10.1 Å². The highest BCUT2D eigenvalue weighted by molar-refractivity contribution is 14.1. The maximum absolute atomic E-state index is 5.47. The van der Waals surface area contributed by atoms with Gasteiger partial charge in [0, 0.05) is 12.6 Å². The molecule has 0 aliphatic rings. The Bertz CT molecular complexity index is 612. The molecule has 0 atom stereocenters. The zero-order valence-corrected chi connectivity index (χ0v) is 14.9. The lowest BCUT2D eigenvalue weighted by Crippen LogP contribution is -2.06. The van der Waals surface area contributed by atoms with Crippen molar-refractivity contribution >= 4 is 28.4 Å². The molecule has 0 unspecified atom stereocenters. The van der Waals surface area contributed by atoms with Crippen molar-refractivity contribution in [2.75, 3.05) is 19.0 Å². The Morgan fingerprint density at radius 1 is 1.19 bits per heavy atom. The molecule has 0 spiro atoms. The average molecular weight is 397 g/mol. The van der Waals surface area contributed by atoms with Crippen LogP contribution in [0, 0.1) is 3.57 Å². The first-order chi connectivity index (χ1) is 10.1. The number of nitrogens with zero attached hydrogens (tertiary/aromatic N) is 2. The van der Waals surface area contributed by atoms with E-state index in [1.165, 1.54) is 0 Å². The van der Waals surface area contributed by atoms with E-state index >= 15 is 0 Å². The number of halogens is 1. The smallest absolute Gasteiger partial charge is 0.161 e. The molecular weight excluding hydrogens is 377 g/mol. The van der Waals surface area contributed by atoms with Crippen molar-refractivity contribution in [1.29, 1.82) is 0 Å². The molecule has 0 amide bonds. The predicted molar refractivity (Wildman–Crippen MR) is 95.0 cm³/mol. The first-order valence-corrected chi connectivity index (χ1v) is 8.13. The molecule has 0 saturated heterocycles. The summed E-state index contributed by atoms with van der Waals surface area (Å²) < 4.78 is 6.55. The molecule has 0 fully saturated rings. The van der Waals surface area contributed by atoms with Gasteiger partial charge in [0.05, 0.1) is 15.9 Å². The molecule has 21 heavy (non-hydrogen) atoms. The summed E-state index contributed by atoms with van der Waals surface area (Å²) in [4.78, 5) is 9.34. The molecule has 0 saturated carbocycles. The van der Waals surface area contributed by atoms with Crippen LogP contribution < -0.4 is 10.1 Å². The van der Waals surface area contributed by atoms with Gasteiger partial charge in [0.1, 0.15) is 11.6 Å². The molecule has 2 aromatic rings. The third kappa shape index (κ3) is 3.64. The molecule has 1 heterocycles. The summed E-state index contributed by atoms with van der Waals surface area (Å²) in [5.41, 5.74) is 2.06. The number of hydrogen-bond donors (Lipinski definition) is 1. The van der Waals surface area contributed by atoms with Gasteiger partial charge >= 0.3 is 0 Å². The van der Waals surface area contributed by atoms with Crippen LogP contribution in [-0.2, 0) is 0 Å². The minimum absolute atomic E-state index is 0.355. The highest BCUT2D eigenvalue weighted by Crippen LogP contribution is 2.28. The fraction of sp³-hybridized carbons (Fsp3) is 0.375. The number of benzene rings is 1. The van der Waals surface area contributed by atoms with Crippen LogP contribution in [0.3, 0.4) is 0 Å². The van der Waals surface area contributed by atoms with Crippen LogP contribution in [0.25, 0.3) is 11.4 Å². The van der Waals surface area contributed by atoms with E-state index in [9.17, 15) is 0 Å². The van der Waals surface area contributed by atoms with Crippen molar-refractivity contribution in [3.8, 4) is 17.1 Å². The standard InChI is InChI=1S/C16H20IN3O/c1-5-21-12-8-6-11(7-9-12)15-19-14(10(2)3)13(17)16(18-4)20-15/h6-10H,5H2,1-4H3,(H,18,19,20). The van der Waals surface area contributed by atoms with Crippen LogP contribution in [0.15, 0.2) is 24.3 Å². The summed E-state index contributed by atoms with van der Waals surface area (Å²) >= 11 is 2.30. The fourth-order valence-corrected chi connectivity index (χ4v) is 3.14. The number of aromatic nitrogens is 2. The predicted octanol–water partition coefficient (Wildman–Crippen LogP) is 4.31. The molecule has 0 bridgehead atoms. The molecular formula is C16H20IN3O. The van der Waals surface area contributed by atoms with Crippen LogP contribution in [0.1, 0.15) is 32.4 Å². The van der Waals surface area contributed by atoms with Gasteiger partial charge in [0.25, 0.3) is 0 Å². The first kappa shape index (κ1) is 16.0. The number of ether oxygens (including phenoxy) is 1. The third-order valence-electron chi connectivity index (χ3n) is 3.08. The maximum atomic E-state index is 5.47. The van der Waals surface area contributed by atoms with Crippen molar-refractivity contribution in [2.45, 2.75) is 26.7 Å². The van der Waals surface area contributed by atoms with Gasteiger partial charge in [-0.1, -0.05) is 13.8 Å². The second kappa shape index (κ2) is 7.06. The highest BCUT2D eigenvalue weighted by atomic mass is 127. The SMILES string of the molecule is CCOc1ccc(-c2nc(NC)c(I)c(C(C)C)n2)cc1. The minimum Gasteiger partial charge on any atom is -0.494 e. The average Bonchev–Trinajstić information content (AvgIpc) is 2.48. The zero-order valence-electron chi connectivity index (χ0n) is 12.8. The first-order valence-electron chi connectivity index (χ1n) is 7.05. The molecule has 0 aliphatic carbocycles. The summed E-state index contributed by atoms with van der Waals surface area (Å²) in [7, 11) is 1.89. The molecule has 1 N–H and O–H groups in total. The van der Waals surface area contributed by atoms with Crippen molar-refractivity contribution in [2.24, 2.45) is 0 Å². The lowest BCUT2D eigenvalue weighted by molar-refractivity contribution is 0.340. The van der Waals surface area contributed by atoms with E-state index in [0.29, 0.717) is 12.5 Å². The van der Waals surface area contributed by atoms with Gasteiger partial charge in [0.2, 0.25) is 0 Å². The van der Waals surface area contributed by atoms with Crippen LogP contribution >= 0.6 is 22.6 Å². The van der Waals surface area contributed by atoms with Gasteiger partial charge in [0.15, 0.2) is 5.82 Å². The topological polar surface area (TPSA) is 47.0 Å². The van der Waals surface area contributed by atoms with Gasteiger partial charge in [-0.25, -0.2) is 9.97 Å². The molecule has 2 rings (SSSR count). The van der Waals surface area contributed by atoms with E-state index in [1.807, 2.05) is 38.2 Å². The molecule has 0 radical (unpaired) electrons. The molecule has 1 aromatic carbocycles. The normalized spacial score (nSPS) is 10.8. The lowest BCUT2D eigenvalue weighted by atomic mass is 10.1. The van der Waals surface area contributed by atoms with Crippen LogP contribution in [-0.4, -0.2) is 23.6 Å². The summed E-state index contributed by atoms with van der Waals surface area (Å²) in [5.74, 6) is 2.84.